The molecule has 2 heteroatoms. The van der Waals surface area contributed by atoms with Crippen LogP contribution in [-0.2, 0) is 11.2 Å². The van der Waals surface area contributed by atoms with Crippen LogP contribution in [0.3, 0.4) is 0 Å². The number of carbonyl (C=O) groups is 1. The van der Waals surface area contributed by atoms with E-state index in [1.54, 1.807) is 0 Å². The first-order valence-electron chi connectivity index (χ1n) is 9.16. The molecule has 2 fully saturated rings. The molecule has 5 atom stereocenters. The molecular formula is C21H25NO. The summed E-state index contributed by atoms with van der Waals surface area (Å²) < 4.78 is 0. The van der Waals surface area contributed by atoms with Crippen LogP contribution in [-0.4, -0.2) is 5.78 Å². The van der Waals surface area contributed by atoms with Gasteiger partial charge in [-0.05, 0) is 73.5 Å². The fourth-order valence-corrected chi connectivity index (χ4v) is 6.02. The van der Waals surface area contributed by atoms with E-state index < -0.39 is 0 Å². The zero-order valence-corrected chi connectivity index (χ0v) is 14.1. The van der Waals surface area contributed by atoms with Crippen molar-refractivity contribution in [3.8, 4) is 6.07 Å². The van der Waals surface area contributed by atoms with E-state index in [0.29, 0.717) is 23.5 Å². The molecule has 0 saturated heterocycles. The number of nitriles is 1. The highest BCUT2D eigenvalue weighted by Crippen LogP contribution is 2.61. The summed E-state index contributed by atoms with van der Waals surface area (Å²) >= 11 is 0. The molecule has 2 nitrogen and oxygen atoms in total. The topological polar surface area (TPSA) is 40.9 Å². The number of Topliss-reactive ketones (excluding diaryl/α,β-unsaturated/α-hetero) is 1. The largest absolute Gasteiger partial charge is 0.299 e. The minimum absolute atomic E-state index is 0.0772. The van der Waals surface area contributed by atoms with Gasteiger partial charge in [0.05, 0.1) is 11.6 Å². The van der Waals surface area contributed by atoms with E-state index in [2.05, 4.69) is 26.0 Å². The van der Waals surface area contributed by atoms with Crippen LogP contribution >= 0.6 is 0 Å². The lowest BCUT2D eigenvalue weighted by molar-refractivity contribution is -0.132. The molecule has 1 aromatic rings. The van der Waals surface area contributed by atoms with Gasteiger partial charge in [-0.2, -0.15) is 5.26 Å². The second-order valence-electron chi connectivity index (χ2n) is 8.06. The Kier molecular flexibility index (Phi) is 3.38. The molecule has 0 spiro atoms. The maximum absolute atomic E-state index is 12.9. The van der Waals surface area contributed by atoms with Gasteiger partial charge in [0.1, 0.15) is 5.78 Å². The van der Waals surface area contributed by atoms with Crippen LogP contribution in [0, 0.1) is 34.5 Å². The van der Waals surface area contributed by atoms with E-state index in [4.69, 9.17) is 0 Å². The number of ketones is 1. The molecule has 0 aliphatic heterocycles. The van der Waals surface area contributed by atoms with Crippen LogP contribution in [0.4, 0.5) is 0 Å². The van der Waals surface area contributed by atoms with Gasteiger partial charge in [-0.3, -0.25) is 4.79 Å². The van der Waals surface area contributed by atoms with Crippen molar-refractivity contribution in [1.82, 2.24) is 0 Å². The molecule has 120 valence electrons. The highest BCUT2D eigenvalue weighted by molar-refractivity contribution is 5.89. The second kappa shape index (κ2) is 5.20. The fraction of sp³-hybridized carbons (Fsp3) is 0.619. The van der Waals surface area contributed by atoms with Crippen molar-refractivity contribution in [3.63, 3.8) is 0 Å². The second-order valence-corrected chi connectivity index (χ2v) is 8.06. The minimum atomic E-state index is -0.0772. The third kappa shape index (κ3) is 1.95. The molecule has 0 radical (unpaired) electrons. The Labute approximate surface area is 138 Å². The molecule has 0 bridgehead atoms. The van der Waals surface area contributed by atoms with Crippen molar-refractivity contribution in [3.05, 3.63) is 34.9 Å². The van der Waals surface area contributed by atoms with Crippen LogP contribution in [0.25, 0.3) is 0 Å². The average Bonchev–Trinajstić information content (AvgIpc) is 2.85. The number of fused-ring (bicyclic) bond motifs is 5. The van der Waals surface area contributed by atoms with Crippen molar-refractivity contribution < 1.29 is 4.79 Å². The van der Waals surface area contributed by atoms with Gasteiger partial charge in [0, 0.05) is 11.3 Å². The lowest BCUT2D eigenvalue weighted by Crippen LogP contribution is -2.42. The number of hydrogen-bond donors (Lipinski definition) is 0. The third-order valence-electron chi connectivity index (χ3n) is 7.25. The summed E-state index contributed by atoms with van der Waals surface area (Å²) in [6, 6.07) is 8.61. The van der Waals surface area contributed by atoms with E-state index in [1.807, 2.05) is 12.1 Å². The molecule has 2 saturated carbocycles. The number of carbonyl (C=O) groups excluding carboxylic acids is 1. The molecule has 3 aliphatic rings. The van der Waals surface area contributed by atoms with Gasteiger partial charge in [-0.15, -0.1) is 0 Å². The van der Waals surface area contributed by atoms with Gasteiger partial charge in [-0.1, -0.05) is 26.0 Å². The zero-order chi connectivity index (χ0) is 16.2. The summed E-state index contributed by atoms with van der Waals surface area (Å²) in [7, 11) is 0. The predicted octanol–water partition coefficient (Wildman–Crippen LogP) is 4.62. The van der Waals surface area contributed by atoms with Crippen molar-refractivity contribution in [2.45, 2.75) is 58.3 Å². The number of benzene rings is 1. The van der Waals surface area contributed by atoms with Gasteiger partial charge in [0.25, 0.3) is 0 Å². The van der Waals surface area contributed by atoms with Crippen LogP contribution in [0.15, 0.2) is 18.2 Å². The molecule has 1 aromatic carbocycles. The number of nitrogens with zero attached hydrogens (tertiary/aromatic N) is 1. The summed E-state index contributed by atoms with van der Waals surface area (Å²) in [4.78, 5) is 12.9. The Bertz CT molecular complexity index is 700. The number of hydrogen-bond acceptors (Lipinski definition) is 2. The first-order chi connectivity index (χ1) is 11.1. The third-order valence-corrected chi connectivity index (χ3v) is 7.25. The van der Waals surface area contributed by atoms with Gasteiger partial charge in [-0.25, -0.2) is 0 Å². The van der Waals surface area contributed by atoms with E-state index in [0.717, 1.165) is 44.1 Å². The Morgan fingerprint density at radius 3 is 2.91 bits per heavy atom. The quantitative estimate of drug-likeness (QED) is 0.759. The Hall–Kier alpha value is -1.62. The van der Waals surface area contributed by atoms with Crippen LogP contribution in [0.2, 0.25) is 0 Å². The molecule has 4 unspecified atom stereocenters. The van der Waals surface area contributed by atoms with Crippen LogP contribution in [0.5, 0.6) is 0 Å². The van der Waals surface area contributed by atoms with Crippen LogP contribution in [0.1, 0.15) is 68.6 Å². The molecule has 3 aliphatic carbocycles. The summed E-state index contributed by atoms with van der Waals surface area (Å²) in [6.07, 6.45) is 6.40. The number of rotatable bonds is 1. The van der Waals surface area contributed by atoms with Crippen molar-refractivity contribution in [2.75, 3.05) is 0 Å². The van der Waals surface area contributed by atoms with E-state index in [-0.39, 0.29) is 11.3 Å². The Morgan fingerprint density at radius 1 is 1.35 bits per heavy atom. The van der Waals surface area contributed by atoms with Crippen molar-refractivity contribution in [1.29, 1.82) is 5.26 Å². The molecule has 0 N–H and O–H groups in total. The fourth-order valence-electron chi connectivity index (χ4n) is 6.02. The monoisotopic (exact) mass is 307 g/mol. The zero-order valence-electron chi connectivity index (χ0n) is 14.1. The average molecular weight is 307 g/mol. The summed E-state index contributed by atoms with van der Waals surface area (Å²) in [5.74, 6) is 2.58. The van der Waals surface area contributed by atoms with E-state index in [1.165, 1.54) is 11.1 Å². The van der Waals surface area contributed by atoms with E-state index in [9.17, 15) is 10.1 Å². The summed E-state index contributed by atoms with van der Waals surface area (Å²) in [5.41, 5.74) is 3.49. The SMILES string of the molecule is CCC1CC2C3CCc4c(C#N)cccc4C3CC[C@]2(C)C1=O. The summed E-state index contributed by atoms with van der Waals surface area (Å²) in [6.45, 7) is 4.41. The summed E-state index contributed by atoms with van der Waals surface area (Å²) in [5, 5.41) is 9.39. The van der Waals surface area contributed by atoms with Gasteiger partial charge >= 0.3 is 0 Å². The Balaban J connectivity index is 1.73. The maximum atomic E-state index is 12.9. The first kappa shape index (κ1) is 14.9. The molecule has 0 aromatic heterocycles. The molecular weight excluding hydrogens is 282 g/mol. The lowest BCUT2D eigenvalue weighted by atomic mass is 9.55. The highest BCUT2D eigenvalue weighted by Gasteiger charge is 2.57. The smallest absolute Gasteiger partial charge is 0.142 e. The normalized spacial score (nSPS) is 38.4. The maximum Gasteiger partial charge on any atom is 0.142 e. The molecule has 4 rings (SSSR count). The van der Waals surface area contributed by atoms with Gasteiger partial charge in [0.15, 0.2) is 0 Å². The standard InChI is InChI=1S/C21H25NO/c1-3-13-11-19-18-8-7-15-14(12-22)5-4-6-16(15)17(18)9-10-21(19,2)20(13)23/h4-6,13,17-19H,3,7-11H2,1-2H3/t13?,17?,18?,19?,21-/m0/s1. The van der Waals surface area contributed by atoms with Gasteiger partial charge in [0.2, 0.25) is 0 Å². The predicted molar refractivity (Wildman–Crippen MR) is 89.9 cm³/mol. The van der Waals surface area contributed by atoms with Crippen LogP contribution < -0.4 is 0 Å². The van der Waals surface area contributed by atoms with Crippen molar-refractivity contribution >= 4 is 5.78 Å². The lowest BCUT2D eigenvalue weighted by Gasteiger charge is -2.48. The molecule has 0 heterocycles. The van der Waals surface area contributed by atoms with Crippen molar-refractivity contribution in [2.24, 2.45) is 23.2 Å². The van der Waals surface area contributed by atoms with E-state index >= 15 is 0 Å². The molecule has 23 heavy (non-hydrogen) atoms. The van der Waals surface area contributed by atoms with Gasteiger partial charge < -0.3 is 0 Å². The molecule has 0 amide bonds. The highest BCUT2D eigenvalue weighted by atomic mass is 16.1. The first-order valence-corrected chi connectivity index (χ1v) is 9.16. The minimum Gasteiger partial charge on any atom is -0.299 e. The Morgan fingerprint density at radius 2 is 2.17 bits per heavy atom.